The lowest BCUT2D eigenvalue weighted by atomic mass is 9.90. The maximum absolute atomic E-state index is 6.01. The van der Waals surface area contributed by atoms with Crippen molar-refractivity contribution in [3.05, 3.63) is 23.9 Å². The SMILES string of the molecule is ClN1SCC23CC=CC=C2N=CN13. The molecule has 0 aromatic heterocycles. The van der Waals surface area contributed by atoms with E-state index >= 15 is 0 Å². The summed E-state index contributed by atoms with van der Waals surface area (Å²) in [6.45, 7) is 0. The van der Waals surface area contributed by atoms with Crippen LogP contribution in [0, 0.1) is 0 Å². The molecule has 0 aromatic rings. The maximum atomic E-state index is 6.01. The summed E-state index contributed by atoms with van der Waals surface area (Å²) in [5.41, 5.74) is 1.15. The van der Waals surface area contributed by atoms with Gasteiger partial charge in [-0.25, -0.2) is 4.99 Å². The van der Waals surface area contributed by atoms with Gasteiger partial charge in [-0.2, -0.15) is 0 Å². The summed E-state index contributed by atoms with van der Waals surface area (Å²) in [4.78, 5) is 4.35. The van der Waals surface area contributed by atoms with Crippen LogP contribution in [0.3, 0.4) is 0 Å². The van der Waals surface area contributed by atoms with Gasteiger partial charge in [0.25, 0.3) is 0 Å². The highest BCUT2D eigenvalue weighted by Gasteiger charge is 2.50. The Balaban J connectivity index is 2.08. The number of rotatable bonds is 0. The van der Waals surface area contributed by atoms with Crippen LogP contribution in [-0.2, 0) is 0 Å². The van der Waals surface area contributed by atoms with E-state index in [2.05, 4.69) is 23.2 Å². The molecule has 68 valence electrons. The highest BCUT2D eigenvalue weighted by atomic mass is 35.5. The van der Waals surface area contributed by atoms with Gasteiger partial charge in [0.15, 0.2) is 0 Å². The van der Waals surface area contributed by atoms with Gasteiger partial charge in [0.2, 0.25) is 0 Å². The molecule has 1 unspecified atom stereocenters. The van der Waals surface area contributed by atoms with Crippen molar-refractivity contribution in [2.45, 2.75) is 12.0 Å². The number of hydrogen-bond acceptors (Lipinski definition) is 4. The predicted octanol–water partition coefficient (Wildman–Crippen LogP) is 1.95. The molecule has 0 N–H and O–H groups in total. The number of aliphatic imine (C=N–C) groups is 1. The minimum atomic E-state index is 0.0150. The lowest BCUT2D eigenvalue weighted by molar-refractivity contribution is 0.183. The molecule has 0 aromatic carbocycles. The molecule has 2 heterocycles. The first-order valence-electron chi connectivity index (χ1n) is 4.12. The quantitative estimate of drug-likeness (QED) is 0.453. The van der Waals surface area contributed by atoms with Crippen LogP contribution in [0.2, 0.25) is 0 Å². The first kappa shape index (κ1) is 7.91. The molecule has 0 bridgehead atoms. The third-order valence-electron chi connectivity index (χ3n) is 2.65. The molecule has 1 aliphatic carbocycles. The molecule has 0 amide bonds. The first-order valence-corrected chi connectivity index (χ1v) is 5.41. The van der Waals surface area contributed by atoms with Gasteiger partial charge in [0, 0.05) is 17.5 Å². The Morgan fingerprint density at radius 1 is 1.62 bits per heavy atom. The number of nitrogens with zero attached hydrogens (tertiary/aromatic N) is 3. The number of halogens is 1. The van der Waals surface area contributed by atoms with E-state index in [0.717, 1.165) is 17.9 Å². The third-order valence-corrected chi connectivity index (χ3v) is 4.10. The van der Waals surface area contributed by atoms with E-state index < -0.39 is 0 Å². The summed E-state index contributed by atoms with van der Waals surface area (Å²) in [5, 5.41) is 2.01. The average molecular weight is 214 g/mol. The molecule has 3 nitrogen and oxygen atoms in total. The smallest absolute Gasteiger partial charge is 0.115 e. The monoisotopic (exact) mass is 213 g/mol. The standard InChI is InChI=1S/C8H8ClN3S/c9-12-11-6-10-7-3-1-2-4-8(7,11)5-13-12/h1-3,6H,4-5H2. The van der Waals surface area contributed by atoms with E-state index in [1.807, 2.05) is 11.3 Å². The Kier molecular flexibility index (Phi) is 1.54. The topological polar surface area (TPSA) is 18.8 Å². The van der Waals surface area contributed by atoms with E-state index in [4.69, 9.17) is 11.8 Å². The summed E-state index contributed by atoms with van der Waals surface area (Å²) in [6, 6.07) is 0. The van der Waals surface area contributed by atoms with Crippen LogP contribution in [0.25, 0.3) is 0 Å². The molecule has 1 spiro atoms. The predicted molar refractivity (Wildman–Crippen MR) is 55.1 cm³/mol. The fourth-order valence-corrected chi connectivity index (χ4v) is 3.27. The van der Waals surface area contributed by atoms with Crippen LogP contribution in [-0.4, -0.2) is 26.6 Å². The van der Waals surface area contributed by atoms with Gasteiger partial charge in [-0.3, -0.25) is 5.01 Å². The minimum absolute atomic E-state index is 0.0150. The van der Waals surface area contributed by atoms with Crippen LogP contribution in [0.15, 0.2) is 28.9 Å². The van der Waals surface area contributed by atoms with Crippen molar-refractivity contribution in [1.82, 2.24) is 8.94 Å². The maximum Gasteiger partial charge on any atom is 0.115 e. The molecule has 5 heteroatoms. The van der Waals surface area contributed by atoms with Crippen LogP contribution < -0.4 is 0 Å². The van der Waals surface area contributed by atoms with Crippen molar-refractivity contribution in [2.24, 2.45) is 4.99 Å². The van der Waals surface area contributed by atoms with Gasteiger partial charge >= 0.3 is 0 Å². The molecule has 0 saturated carbocycles. The Hall–Kier alpha value is -0.450. The van der Waals surface area contributed by atoms with Crippen molar-refractivity contribution >= 4 is 30.1 Å². The van der Waals surface area contributed by atoms with Gasteiger partial charge in [0.1, 0.15) is 11.9 Å². The van der Waals surface area contributed by atoms with Crippen LogP contribution in [0.5, 0.6) is 0 Å². The van der Waals surface area contributed by atoms with E-state index in [9.17, 15) is 0 Å². The Labute approximate surface area is 86.0 Å². The summed E-state index contributed by atoms with van der Waals surface area (Å²) < 4.78 is 1.64. The number of allylic oxidation sites excluding steroid dienone is 2. The summed E-state index contributed by atoms with van der Waals surface area (Å²) in [5.74, 6) is 0.979. The number of hydrazine groups is 1. The summed E-state index contributed by atoms with van der Waals surface area (Å²) in [6.07, 6.45) is 9.10. The Morgan fingerprint density at radius 2 is 2.54 bits per heavy atom. The van der Waals surface area contributed by atoms with Crippen LogP contribution >= 0.6 is 23.7 Å². The second-order valence-electron chi connectivity index (χ2n) is 3.30. The molecular weight excluding hydrogens is 206 g/mol. The molecule has 0 radical (unpaired) electrons. The Morgan fingerprint density at radius 3 is 3.46 bits per heavy atom. The minimum Gasteiger partial charge on any atom is -0.258 e. The van der Waals surface area contributed by atoms with Gasteiger partial charge < -0.3 is 0 Å². The molecule has 13 heavy (non-hydrogen) atoms. The zero-order valence-electron chi connectivity index (χ0n) is 6.85. The van der Waals surface area contributed by atoms with Gasteiger partial charge in [-0.05, 0) is 24.4 Å². The molecule has 1 fully saturated rings. The molecule has 3 aliphatic rings. The number of hydrogen-bond donors (Lipinski definition) is 0. The van der Waals surface area contributed by atoms with E-state index in [1.54, 1.807) is 15.9 Å². The lowest BCUT2D eigenvalue weighted by Gasteiger charge is -2.32. The van der Waals surface area contributed by atoms with Crippen LogP contribution in [0.1, 0.15) is 6.42 Å². The molecule has 1 saturated heterocycles. The van der Waals surface area contributed by atoms with Crippen molar-refractivity contribution in [3.8, 4) is 0 Å². The normalized spacial score (nSPS) is 36.4. The second-order valence-corrected chi connectivity index (χ2v) is 4.72. The van der Waals surface area contributed by atoms with E-state index in [-0.39, 0.29) is 5.54 Å². The van der Waals surface area contributed by atoms with E-state index in [1.165, 1.54) is 0 Å². The fourth-order valence-electron chi connectivity index (χ4n) is 1.90. The Bertz CT molecular complexity index is 338. The first-order chi connectivity index (χ1) is 6.33. The summed E-state index contributed by atoms with van der Waals surface area (Å²) >= 11 is 7.63. The van der Waals surface area contributed by atoms with Crippen molar-refractivity contribution in [3.63, 3.8) is 0 Å². The average Bonchev–Trinajstić information content (AvgIpc) is 2.65. The van der Waals surface area contributed by atoms with Gasteiger partial charge in [-0.15, -0.1) is 0 Å². The van der Waals surface area contributed by atoms with Crippen molar-refractivity contribution in [1.29, 1.82) is 0 Å². The van der Waals surface area contributed by atoms with Crippen molar-refractivity contribution < 1.29 is 0 Å². The second kappa shape index (κ2) is 2.53. The zero-order chi connectivity index (χ0) is 8.89. The molecular formula is C8H8ClN3S. The van der Waals surface area contributed by atoms with Gasteiger partial charge in [0.05, 0.1) is 5.70 Å². The molecule has 3 rings (SSSR count). The molecule has 2 aliphatic heterocycles. The van der Waals surface area contributed by atoms with Crippen molar-refractivity contribution in [2.75, 3.05) is 5.75 Å². The molecule has 1 atom stereocenters. The highest BCUT2D eigenvalue weighted by Crippen LogP contribution is 2.47. The van der Waals surface area contributed by atoms with Gasteiger partial charge in [-0.1, -0.05) is 16.1 Å². The fraction of sp³-hybridized carbons (Fsp3) is 0.375. The highest BCUT2D eigenvalue weighted by molar-refractivity contribution is 7.98. The van der Waals surface area contributed by atoms with E-state index in [0.29, 0.717) is 0 Å². The lowest BCUT2D eigenvalue weighted by Crippen LogP contribution is -2.45. The summed E-state index contributed by atoms with van der Waals surface area (Å²) in [7, 11) is 0. The zero-order valence-corrected chi connectivity index (χ0v) is 8.42. The largest absolute Gasteiger partial charge is 0.258 e. The van der Waals surface area contributed by atoms with Crippen LogP contribution in [0.4, 0.5) is 0 Å². The third kappa shape index (κ3) is 0.882.